The number of hydrogen-bond acceptors (Lipinski definition) is 3. The third-order valence-electron chi connectivity index (χ3n) is 4.22. The second-order valence-electron chi connectivity index (χ2n) is 6.41. The lowest BCUT2D eigenvalue weighted by atomic mass is 10.0. The predicted octanol–water partition coefficient (Wildman–Crippen LogP) is 5.92. The largest absolute Gasteiger partial charge is 0.310 e. The molecule has 0 unspecified atom stereocenters. The van der Waals surface area contributed by atoms with Gasteiger partial charge in [0.05, 0.1) is 4.88 Å². The van der Waals surface area contributed by atoms with Crippen LogP contribution in [0.5, 0.6) is 0 Å². The number of thiazole rings is 1. The second-order valence-corrected chi connectivity index (χ2v) is 7.94. The summed E-state index contributed by atoms with van der Waals surface area (Å²) in [4.78, 5) is 5.76. The van der Waals surface area contributed by atoms with Gasteiger partial charge in [-0.25, -0.2) is 4.98 Å². The minimum Gasteiger partial charge on any atom is -0.310 e. The number of benzene rings is 2. The Balaban J connectivity index is 1.52. The summed E-state index contributed by atoms with van der Waals surface area (Å²) >= 11 is 7.93. The average Bonchev–Trinajstić information content (AvgIpc) is 3.09. The summed E-state index contributed by atoms with van der Waals surface area (Å²) in [5, 5.41) is 5.41. The molecule has 1 heterocycles. The average molecular weight is 371 g/mol. The van der Waals surface area contributed by atoms with Crippen LogP contribution in [0.2, 0.25) is 5.02 Å². The first-order valence-electron chi connectivity index (χ1n) is 8.62. The van der Waals surface area contributed by atoms with Crippen molar-refractivity contribution in [1.82, 2.24) is 10.3 Å². The fourth-order valence-corrected chi connectivity index (χ4v) is 3.80. The van der Waals surface area contributed by atoms with Gasteiger partial charge >= 0.3 is 0 Å². The summed E-state index contributed by atoms with van der Waals surface area (Å²) in [5.74, 6) is 0.563. The molecule has 25 heavy (non-hydrogen) atoms. The molecule has 2 aromatic carbocycles. The van der Waals surface area contributed by atoms with Gasteiger partial charge in [-0.3, -0.25) is 0 Å². The Morgan fingerprint density at radius 2 is 1.84 bits per heavy atom. The zero-order chi connectivity index (χ0) is 17.6. The zero-order valence-corrected chi connectivity index (χ0v) is 16.2. The molecule has 0 fully saturated rings. The van der Waals surface area contributed by atoms with Gasteiger partial charge in [0.25, 0.3) is 0 Å². The number of halogens is 1. The number of nitrogens with one attached hydrogen (secondary N) is 1. The molecule has 3 rings (SSSR count). The van der Waals surface area contributed by atoms with E-state index in [9.17, 15) is 0 Å². The maximum absolute atomic E-state index is 6.18. The van der Waals surface area contributed by atoms with Crippen molar-refractivity contribution in [3.05, 3.63) is 75.9 Å². The minimum absolute atomic E-state index is 0.563. The normalized spacial score (nSPS) is 11.2. The highest BCUT2D eigenvalue weighted by Crippen LogP contribution is 2.27. The Morgan fingerprint density at radius 1 is 1.08 bits per heavy atom. The van der Waals surface area contributed by atoms with E-state index in [0.717, 1.165) is 29.5 Å². The van der Waals surface area contributed by atoms with Crippen molar-refractivity contribution in [3.63, 3.8) is 0 Å². The molecule has 0 aliphatic heterocycles. The molecule has 0 radical (unpaired) electrons. The fraction of sp³-hybridized carbons (Fsp3) is 0.286. The lowest BCUT2D eigenvalue weighted by molar-refractivity contribution is 0.684. The fourth-order valence-electron chi connectivity index (χ4n) is 2.68. The molecule has 0 saturated heterocycles. The van der Waals surface area contributed by atoms with E-state index in [0.29, 0.717) is 5.92 Å². The number of aromatic nitrogens is 1. The molecular weight excluding hydrogens is 348 g/mol. The lowest BCUT2D eigenvalue weighted by Crippen LogP contribution is -2.16. The van der Waals surface area contributed by atoms with Crippen LogP contribution < -0.4 is 5.32 Å². The molecule has 0 aliphatic rings. The first-order chi connectivity index (χ1) is 12.1. The Bertz CT molecular complexity index is 809. The Hall–Kier alpha value is -1.68. The third-order valence-corrected chi connectivity index (χ3v) is 5.64. The molecule has 4 heteroatoms. The highest BCUT2D eigenvalue weighted by atomic mass is 35.5. The van der Waals surface area contributed by atoms with Crippen molar-refractivity contribution in [2.45, 2.75) is 32.7 Å². The third kappa shape index (κ3) is 4.91. The molecular formula is C21H23ClN2S. The summed E-state index contributed by atoms with van der Waals surface area (Å²) in [6.45, 7) is 6.11. The molecule has 0 spiro atoms. The standard InChI is InChI=1S/C21H23ClN2S/c1-15(2)16-7-9-18(10-8-16)20-13-24-21(25-20)14-23-12-11-17-5-3-4-6-19(17)22/h3-10,13,15,23H,11-12,14H2,1-2H3. The monoisotopic (exact) mass is 370 g/mol. The van der Waals surface area contributed by atoms with Crippen LogP contribution >= 0.6 is 22.9 Å². The molecule has 0 atom stereocenters. The van der Waals surface area contributed by atoms with Gasteiger partial charge in [-0.2, -0.15) is 0 Å². The Morgan fingerprint density at radius 3 is 2.56 bits per heavy atom. The molecule has 2 nitrogen and oxygen atoms in total. The van der Waals surface area contributed by atoms with Gasteiger partial charge in [-0.1, -0.05) is 67.9 Å². The van der Waals surface area contributed by atoms with Gasteiger partial charge in [-0.05, 0) is 41.6 Å². The van der Waals surface area contributed by atoms with E-state index >= 15 is 0 Å². The van der Waals surface area contributed by atoms with E-state index in [2.05, 4.69) is 54.5 Å². The van der Waals surface area contributed by atoms with Crippen LogP contribution in [0, 0.1) is 0 Å². The van der Waals surface area contributed by atoms with Crippen LogP contribution in [0.4, 0.5) is 0 Å². The molecule has 0 amide bonds. The molecule has 0 saturated carbocycles. The van der Waals surface area contributed by atoms with Crippen LogP contribution in [-0.2, 0) is 13.0 Å². The topological polar surface area (TPSA) is 24.9 Å². The Labute approximate surface area is 158 Å². The van der Waals surface area contributed by atoms with Crippen molar-refractivity contribution >= 4 is 22.9 Å². The lowest BCUT2D eigenvalue weighted by Gasteiger charge is -2.05. The maximum Gasteiger partial charge on any atom is 0.107 e. The van der Waals surface area contributed by atoms with Crippen molar-refractivity contribution in [3.8, 4) is 10.4 Å². The first kappa shape index (κ1) is 18.1. The van der Waals surface area contributed by atoms with Crippen LogP contribution in [0.25, 0.3) is 10.4 Å². The van der Waals surface area contributed by atoms with Crippen molar-refractivity contribution in [1.29, 1.82) is 0 Å². The predicted molar refractivity (Wildman–Crippen MR) is 109 cm³/mol. The van der Waals surface area contributed by atoms with Crippen LogP contribution in [0.15, 0.2) is 54.7 Å². The molecule has 3 aromatic rings. The highest BCUT2D eigenvalue weighted by molar-refractivity contribution is 7.15. The van der Waals surface area contributed by atoms with Gasteiger partial charge < -0.3 is 5.32 Å². The van der Waals surface area contributed by atoms with E-state index in [1.54, 1.807) is 11.3 Å². The SMILES string of the molecule is CC(C)c1ccc(-c2cnc(CNCCc3ccccc3Cl)s2)cc1. The van der Waals surface area contributed by atoms with Crippen molar-refractivity contribution < 1.29 is 0 Å². The summed E-state index contributed by atoms with van der Waals surface area (Å²) in [6, 6.07) is 16.8. The highest BCUT2D eigenvalue weighted by Gasteiger charge is 2.06. The van der Waals surface area contributed by atoms with Gasteiger partial charge in [0, 0.05) is 17.8 Å². The van der Waals surface area contributed by atoms with Gasteiger partial charge in [0.1, 0.15) is 5.01 Å². The number of nitrogens with zero attached hydrogens (tertiary/aromatic N) is 1. The molecule has 1 N–H and O–H groups in total. The summed E-state index contributed by atoms with van der Waals surface area (Å²) in [5.41, 5.74) is 3.79. The maximum atomic E-state index is 6.18. The Kier molecular flexibility index (Phi) is 6.24. The first-order valence-corrected chi connectivity index (χ1v) is 9.82. The van der Waals surface area contributed by atoms with E-state index in [1.165, 1.54) is 21.6 Å². The number of hydrogen-bond donors (Lipinski definition) is 1. The summed E-state index contributed by atoms with van der Waals surface area (Å²) in [6.07, 6.45) is 2.90. The quantitative estimate of drug-likeness (QED) is 0.522. The second kappa shape index (κ2) is 8.61. The molecule has 1 aromatic heterocycles. The molecule has 130 valence electrons. The van der Waals surface area contributed by atoms with Crippen molar-refractivity contribution in [2.75, 3.05) is 6.54 Å². The summed E-state index contributed by atoms with van der Waals surface area (Å²) in [7, 11) is 0. The van der Waals surface area contributed by atoms with E-state index in [-0.39, 0.29) is 0 Å². The van der Waals surface area contributed by atoms with Crippen LogP contribution in [0.1, 0.15) is 35.9 Å². The molecule has 0 aliphatic carbocycles. The van der Waals surface area contributed by atoms with E-state index in [1.807, 2.05) is 24.4 Å². The minimum atomic E-state index is 0.563. The van der Waals surface area contributed by atoms with E-state index in [4.69, 9.17) is 11.6 Å². The summed E-state index contributed by atoms with van der Waals surface area (Å²) < 4.78 is 0. The van der Waals surface area contributed by atoms with Gasteiger partial charge in [0.15, 0.2) is 0 Å². The smallest absolute Gasteiger partial charge is 0.107 e. The molecule has 0 bridgehead atoms. The van der Waals surface area contributed by atoms with Crippen LogP contribution in [0.3, 0.4) is 0 Å². The zero-order valence-electron chi connectivity index (χ0n) is 14.6. The van der Waals surface area contributed by atoms with E-state index < -0.39 is 0 Å². The van der Waals surface area contributed by atoms with Crippen molar-refractivity contribution in [2.24, 2.45) is 0 Å². The number of rotatable bonds is 7. The van der Waals surface area contributed by atoms with Gasteiger partial charge in [0.2, 0.25) is 0 Å². The van der Waals surface area contributed by atoms with Crippen LogP contribution in [-0.4, -0.2) is 11.5 Å². The van der Waals surface area contributed by atoms with Gasteiger partial charge in [-0.15, -0.1) is 11.3 Å².